The van der Waals surface area contributed by atoms with Gasteiger partial charge in [-0.25, -0.2) is 0 Å². The lowest BCUT2D eigenvalue weighted by molar-refractivity contribution is -0.122. The van der Waals surface area contributed by atoms with Crippen LogP contribution < -0.4 is 10.1 Å². The first kappa shape index (κ1) is 23.5. The number of benzene rings is 3. The third kappa shape index (κ3) is 5.77. The van der Waals surface area contributed by atoms with Crippen molar-refractivity contribution in [2.75, 3.05) is 12.4 Å². The number of halogens is 1. The molecule has 5 nitrogen and oxygen atoms in total. The molecule has 2 amide bonds. The van der Waals surface area contributed by atoms with Crippen LogP contribution in [0.3, 0.4) is 0 Å². The van der Waals surface area contributed by atoms with E-state index in [0.717, 1.165) is 21.2 Å². The van der Waals surface area contributed by atoms with Crippen LogP contribution in [0.25, 0.3) is 0 Å². The maximum atomic E-state index is 13.1. The van der Waals surface area contributed by atoms with Crippen molar-refractivity contribution in [1.82, 2.24) is 4.90 Å². The molecule has 3 aromatic rings. The van der Waals surface area contributed by atoms with Crippen molar-refractivity contribution >= 4 is 33.4 Å². The smallest absolute Gasteiger partial charge is 0.265 e. The number of hydrogen-bond acceptors (Lipinski definition) is 3. The molecule has 0 saturated carbocycles. The third-order valence-electron chi connectivity index (χ3n) is 5.11. The summed E-state index contributed by atoms with van der Waals surface area (Å²) in [5.74, 6) is 0.193. The first-order chi connectivity index (χ1) is 15.3. The number of carbonyl (C=O) groups excluding carboxylic acids is 2. The Morgan fingerprint density at radius 3 is 2.25 bits per heavy atom. The van der Waals surface area contributed by atoms with Crippen LogP contribution in [0.1, 0.15) is 34.0 Å². The van der Waals surface area contributed by atoms with Crippen molar-refractivity contribution in [3.05, 3.63) is 93.5 Å². The SMILES string of the molecule is Cc1cc(Br)cc(C)c1OC(C)C(=O)Nc1ccccc1C(=O)N(C)Cc1ccccc1. The van der Waals surface area contributed by atoms with Crippen molar-refractivity contribution in [3.63, 3.8) is 0 Å². The van der Waals surface area contributed by atoms with Crippen LogP contribution in [-0.2, 0) is 11.3 Å². The molecule has 0 bridgehead atoms. The molecule has 3 aromatic carbocycles. The Morgan fingerprint density at radius 1 is 1.00 bits per heavy atom. The fourth-order valence-electron chi connectivity index (χ4n) is 3.46. The molecule has 0 aliphatic carbocycles. The van der Waals surface area contributed by atoms with Gasteiger partial charge in [-0.2, -0.15) is 0 Å². The summed E-state index contributed by atoms with van der Waals surface area (Å²) in [6.07, 6.45) is -0.737. The van der Waals surface area contributed by atoms with E-state index in [9.17, 15) is 9.59 Å². The van der Waals surface area contributed by atoms with Crippen LogP contribution >= 0.6 is 15.9 Å². The van der Waals surface area contributed by atoms with Crippen molar-refractivity contribution in [1.29, 1.82) is 0 Å². The number of amides is 2. The van der Waals surface area contributed by atoms with Gasteiger partial charge in [-0.05, 0) is 61.7 Å². The van der Waals surface area contributed by atoms with Crippen molar-refractivity contribution in [2.24, 2.45) is 0 Å². The van der Waals surface area contributed by atoms with E-state index in [2.05, 4.69) is 21.2 Å². The molecule has 32 heavy (non-hydrogen) atoms. The van der Waals surface area contributed by atoms with Gasteiger partial charge in [0, 0.05) is 18.1 Å². The third-order valence-corrected chi connectivity index (χ3v) is 5.57. The molecule has 0 aliphatic heterocycles. The Labute approximate surface area is 197 Å². The van der Waals surface area contributed by atoms with Gasteiger partial charge in [-0.15, -0.1) is 0 Å². The maximum Gasteiger partial charge on any atom is 0.265 e. The average Bonchev–Trinajstić information content (AvgIpc) is 2.76. The normalized spacial score (nSPS) is 11.5. The standard InChI is InChI=1S/C26H27BrN2O3/c1-17-14-21(27)15-18(2)24(17)32-19(3)25(30)28-23-13-9-8-12-22(23)26(31)29(4)16-20-10-6-5-7-11-20/h5-15,19H,16H2,1-4H3,(H,28,30). The van der Waals surface area contributed by atoms with E-state index >= 15 is 0 Å². The molecule has 1 unspecified atom stereocenters. The second-order valence-corrected chi connectivity index (χ2v) is 8.73. The molecule has 3 rings (SSSR count). The van der Waals surface area contributed by atoms with E-state index in [1.807, 2.05) is 56.3 Å². The molecule has 0 heterocycles. The van der Waals surface area contributed by atoms with Crippen LogP contribution in [-0.4, -0.2) is 29.9 Å². The lowest BCUT2D eigenvalue weighted by atomic mass is 10.1. The zero-order valence-corrected chi connectivity index (χ0v) is 20.3. The predicted molar refractivity (Wildman–Crippen MR) is 131 cm³/mol. The van der Waals surface area contributed by atoms with Crippen LogP contribution in [0.15, 0.2) is 71.2 Å². The van der Waals surface area contributed by atoms with E-state index in [1.165, 1.54) is 0 Å². The predicted octanol–water partition coefficient (Wildman–Crippen LogP) is 5.74. The van der Waals surface area contributed by atoms with Gasteiger partial charge in [0.05, 0.1) is 11.3 Å². The van der Waals surface area contributed by atoms with Gasteiger partial charge in [0.15, 0.2) is 6.10 Å². The molecule has 1 N–H and O–H groups in total. The van der Waals surface area contributed by atoms with Crippen molar-refractivity contribution < 1.29 is 14.3 Å². The van der Waals surface area contributed by atoms with Crippen molar-refractivity contribution in [3.8, 4) is 5.75 Å². The van der Waals surface area contributed by atoms with Gasteiger partial charge in [-0.3, -0.25) is 9.59 Å². The lowest BCUT2D eigenvalue weighted by Gasteiger charge is -2.21. The zero-order valence-electron chi connectivity index (χ0n) is 18.7. The number of nitrogens with one attached hydrogen (secondary N) is 1. The van der Waals surface area contributed by atoms with E-state index in [4.69, 9.17) is 4.74 Å². The summed E-state index contributed by atoms with van der Waals surface area (Å²) in [4.78, 5) is 27.6. The Morgan fingerprint density at radius 2 is 1.59 bits per heavy atom. The van der Waals surface area contributed by atoms with Crippen LogP contribution in [0.5, 0.6) is 5.75 Å². The molecular weight excluding hydrogens is 468 g/mol. The molecule has 0 fully saturated rings. The number of hydrogen-bond donors (Lipinski definition) is 1. The summed E-state index contributed by atoms with van der Waals surface area (Å²) in [5.41, 5.74) is 3.81. The summed E-state index contributed by atoms with van der Waals surface area (Å²) in [7, 11) is 1.75. The van der Waals surface area contributed by atoms with Crippen LogP contribution in [0.4, 0.5) is 5.69 Å². The van der Waals surface area contributed by atoms with E-state index in [-0.39, 0.29) is 11.8 Å². The van der Waals surface area contributed by atoms with Crippen LogP contribution in [0.2, 0.25) is 0 Å². The molecule has 0 spiro atoms. The summed E-state index contributed by atoms with van der Waals surface area (Å²) >= 11 is 3.47. The lowest BCUT2D eigenvalue weighted by Crippen LogP contribution is -2.32. The molecule has 0 aromatic heterocycles. The Kier molecular flexibility index (Phi) is 7.70. The largest absolute Gasteiger partial charge is 0.480 e. The minimum Gasteiger partial charge on any atom is -0.480 e. The first-order valence-corrected chi connectivity index (χ1v) is 11.2. The van der Waals surface area contributed by atoms with E-state index in [0.29, 0.717) is 23.5 Å². The highest BCUT2D eigenvalue weighted by molar-refractivity contribution is 9.10. The topological polar surface area (TPSA) is 58.6 Å². The number of nitrogens with zero attached hydrogens (tertiary/aromatic N) is 1. The summed E-state index contributed by atoms with van der Waals surface area (Å²) in [5, 5.41) is 2.86. The first-order valence-electron chi connectivity index (χ1n) is 10.4. The monoisotopic (exact) mass is 494 g/mol. The number of ether oxygens (including phenoxy) is 1. The minimum absolute atomic E-state index is 0.169. The number of rotatable bonds is 7. The highest BCUT2D eigenvalue weighted by Crippen LogP contribution is 2.28. The minimum atomic E-state index is -0.737. The highest BCUT2D eigenvalue weighted by Gasteiger charge is 2.21. The highest BCUT2D eigenvalue weighted by atomic mass is 79.9. The van der Waals surface area contributed by atoms with Gasteiger partial charge in [0.1, 0.15) is 5.75 Å². The summed E-state index contributed by atoms with van der Waals surface area (Å²) < 4.78 is 6.93. The second kappa shape index (κ2) is 10.5. The maximum absolute atomic E-state index is 13.1. The molecule has 0 radical (unpaired) electrons. The molecule has 0 aliphatic rings. The fourth-order valence-corrected chi connectivity index (χ4v) is 4.15. The van der Waals surface area contributed by atoms with Crippen molar-refractivity contribution in [2.45, 2.75) is 33.4 Å². The molecule has 166 valence electrons. The second-order valence-electron chi connectivity index (χ2n) is 7.81. The Balaban J connectivity index is 1.72. The molecular formula is C26H27BrN2O3. The molecule has 0 saturated heterocycles. The average molecular weight is 495 g/mol. The molecule has 1 atom stereocenters. The quantitative estimate of drug-likeness (QED) is 0.455. The summed E-state index contributed by atoms with van der Waals surface area (Å²) in [6, 6.07) is 20.7. The van der Waals surface area contributed by atoms with E-state index < -0.39 is 6.10 Å². The molecule has 6 heteroatoms. The number of para-hydroxylation sites is 1. The zero-order chi connectivity index (χ0) is 23.3. The van der Waals surface area contributed by atoms with Gasteiger partial charge < -0.3 is 15.0 Å². The van der Waals surface area contributed by atoms with Gasteiger partial charge in [0.2, 0.25) is 0 Å². The number of anilines is 1. The van der Waals surface area contributed by atoms with Crippen LogP contribution in [0, 0.1) is 13.8 Å². The summed E-state index contributed by atoms with van der Waals surface area (Å²) in [6.45, 7) is 6.05. The Hall–Kier alpha value is -3.12. The van der Waals surface area contributed by atoms with Gasteiger partial charge >= 0.3 is 0 Å². The number of aryl methyl sites for hydroxylation is 2. The van der Waals surface area contributed by atoms with E-state index in [1.54, 1.807) is 43.1 Å². The fraction of sp³-hybridized carbons (Fsp3) is 0.231. The number of carbonyl (C=O) groups is 2. The van der Waals surface area contributed by atoms with Gasteiger partial charge in [0.25, 0.3) is 11.8 Å². The Bertz CT molecular complexity index is 1090. The van der Waals surface area contributed by atoms with Gasteiger partial charge in [-0.1, -0.05) is 58.4 Å².